The third kappa shape index (κ3) is 2.08. The fourth-order valence-electron chi connectivity index (χ4n) is 1.77. The molecule has 1 aliphatic rings. The minimum atomic E-state index is 0.0711. The number of benzene rings is 1. The van der Waals surface area contributed by atoms with Gasteiger partial charge in [0.1, 0.15) is 5.75 Å². The summed E-state index contributed by atoms with van der Waals surface area (Å²) >= 11 is 0. The Morgan fingerprint density at radius 1 is 1.31 bits per heavy atom. The first-order chi connectivity index (χ1) is 7.68. The Morgan fingerprint density at radius 3 is 2.81 bits per heavy atom. The molecular weight excluding hydrogens is 202 g/mol. The van der Waals surface area contributed by atoms with Crippen LogP contribution < -0.4 is 4.74 Å². The van der Waals surface area contributed by atoms with Crippen molar-refractivity contribution in [2.45, 2.75) is 6.42 Å². The average Bonchev–Trinajstić information content (AvgIpc) is 2.40. The Bertz CT molecular complexity index is 435. The summed E-state index contributed by atoms with van der Waals surface area (Å²) in [5, 5.41) is 0. The molecule has 0 aliphatic carbocycles. The van der Waals surface area contributed by atoms with E-state index in [2.05, 4.69) is 0 Å². The van der Waals surface area contributed by atoms with Gasteiger partial charge < -0.3 is 9.64 Å². The van der Waals surface area contributed by atoms with Crippen molar-refractivity contribution < 1.29 is 9.53 Å². The van der Waals surface area contributed by atoms with Crippen LogP contribution in [0, 0.1) is 0 Å². The number of rotatable bonds is 1. The number of hydrogen-bond donors (Lipinski definition) is 0. The maximum Gasteiger partial charge on any atom is 0.194 e. The maximum atomic E-state index is 12.2. The van der Waals surface area contributed by atoms with Gasteiger partial charge in [-0.15, -0.1) is 0 Å². The Balaban J connectivity index is 2.41. The first-order valence-electron chi connectivity index (χ1n) is 5.32. The quantitative estimate of drug-likeness (QED) is 0.675. The van der Waals surface area contributed by atoms with Crippen molar-refractivity contribution in [2.24, 2.45) is 0 Å². The van der Waals surface area contributed by atoms with Crippen molar-refractivity contribution >= 4 is 5.78 Å². The first-order valence-corrected chi connectivity index (χ1v) is 5.32. The summed E-state index contributed by atoms with van der Waals surface area (Å²) in [4.78, 5) is 14.1. The summed E-state index contributed by atoms with van der Waals surface area (Å²) in [5.74, 6) is 0.761. The van der Waals surface area contributed by atoms with E-state index in [0.29, 0.717) is 24.3 Å². The molecule has 0 unspecified atom stereocenters. The predicted molar refractivity (Wildman–Crippen MR) is 62.7 cm³/mol. The SMILES string of the molecule is CN(C)/C=C1\CCOc2ccccc2C1=O. The van der Waals surface area contributed by atoms with E-state index in [1.54, 1.807) is 0 Å². The molecule has 3 heteroatoms. The van der Waals surface area contributed by atoms with Gasteiger partial charge in [0.15, 0.2) is 5.78 Å². The van der Waals surface area contributed by atoms with Crippen LogP contribution in [0.15, 0.2) is 36.0 Å². The number of hydrogen-bond acceptors (Lipinski definition) is 3. The van der Waals surface area contributed by atoms with Gasteiger partial charge >= 0.3 is 0 Å². The minimum Gasteiger partial charge on any atom is -0.492 e. The van der Waals surface area contributed by atoms with E-state index in [4.69, 9.17) is 4.74 Å². The molecule has 0 saturated carbocycles. The van der Waals surface area contributed by atoms with Crippen LogP contribution in [0.2, 0.25) is 0 Å². The molecule has 0 bridgehead atoms. The number of Topliss-reactive ketones (excluding diaryl/α,β-unsaturated/α-hetero) is 1. The summed E-state index contributed by atoms with van der Waals surface area (Å²) < 4.78 is 5.55. The van der Waals surface area contributed by atoms with Crippen LogP contribution in [-0.2, 0) is 0 Å². The normalized spacial score (nSPS) is 17.6. The first kappa shape index (κ1) is 10.7. The Morgan fingerprint density at radius 2 is 2.06 bits per heavy atom. The molecule has 1 aromatic carbocycles. The predicted octanol–water partition coefficient (Wildman–Crippen LogP) is 2.10. The lowest BCUT2D eigenvalue weighted by atomic mass is 10.0. The third-order valence-electron chi connectivity index (χ3n) is 2.47. The van der Waals surface area contributed by atoms with Crippen molar-refractivity contribution in [3.05, 3.63) is 41.6 Å². The Labute approximate surface area is 95.3 Å². The van der Waals surface area contributed by atoms with E-state index in [9.17, 15) is 4.79 Å². The molecule has 0 atom stereocenters. The second kappa shape index (κ2) is 4.39. The van der Waals surface area contributed by atoms with Crippen LogP contribution in [0.4, 0.5) is 0 Å². The molecule has 2 rings (SSSR count). The summed E-state index contributed by atoms with van der Waals surface area (Å²) in [6, 6.07) is 7.39. The van der Waals surface area contributed by atoms with Crippen LogP contribution in [0.1, 0.15) is 16.8 Å². The molecule has 1 aliphatic heterocycles. The molecule has 1 heterocycles. The van der Waals surface area contributed by atoms with Gasteiger partial charge in [0.05, 0.1) is 12.2 Å². The van der Waals surface area contributed by atoms with Crippen LogP contribution >= 0.6 is 0 Å². The molecule has 0 radical (unpaired) electrons. The molecule has 1 aromatic rings. The van der Waals surface area contributed by atoms with Crippen molar-refractivity contribution in [1.29, 1.82) is 0 Å². The highest BCUT2D eigenvalue weighted by molar-refractivity contribution is 6.10. The summed E-state index contributed by atoms with van der Waals surface area (Å²) in [6.45, 7) is 0.558. The van der Waals surface area contributed by atoms with Crippen molar-refractivity contribution in [2.75, 3.05) is 20.7 Å². The standard InChI is InChI=1S/C13H15NO2/c1-14(2)9-10-7-8-16-12-6-4-3-5-11(12)13(10)15/h3-6,9H,7-8H2,1-2H3/b10-9+. The van der Waals surface area contributed by atoms with E-state index < -0.39 is 0 Å². The van der Waals surface area contributed by atoms with Crippen LogP contribution in [-0.4, -0.2) is 31.4 Å². The van der Waals surface area contributed by atoms with Crippen molar-refractivity contribution in [1.82, 2.24) is 4.90 Å². The topological polar surface area (TPSA) is 29.5 Å². The van der Waals surface area contributed by atoms with E-state index >= 15 is 0 Å². The maximum absolute atomic E-state index is 12.2. The number of carbonyl (C=O) groups is 1. The molecule has 0 saturated heterocycles. The van der Waals surface area contributed by atoms with Gasteiger partial charge in [-0.05, 0) is 12.1 Å². The van der Waals surface area contributed by atoms with Gasteiger partial charge in [-0.1, -0.05) is 12.1 Å². The number of fused-ring (bicyclic) bond motifs is 1. The zero-order chi connectivity index (χ0) is 11.5. The summed E-state index contributed by atoms with van der Waals surface area (Å²) in [5.41, 5.74) is 1.46. The fourth-order valence-corrected chi connectivity index (χ4v) is 1.77. The largest absolute Gasteiger partial charge is 0.492 e. The summed E-state index contributed by atoms with van der Waals surface area (Å²) in [7, 11) is 3.83. The second-order valence-electron chi connectivity index (χ2n) is 4.04. The number of nitrogens with zero attached hydrogens (tertiary/aromatic N) is 1. The number of ketones is 1. The van der Waals surface area contributed by atoms with Gasteiger partial charge in [-0.2, -0.15) is 0 Å². The van der Waals surface area contributed by atoms with E-state index in [1.807, 2.05) is 49.5 Å². The lowest BCUT2D eigenvalue weighted by molar-refractivity contribution is 0.103. The molecule has 0 amide bonds. The van der Waals surface area contributed by atoms with Gasteiger partial charge in [0.2, 0.25) is 0 Å². The van der Waals surface area contributed by atoms with Crippen LogP contribution in [0.3, 0.4) is 0 Å². The third-order valence-corrected chi connectivity index (χ3v) is 2.47. The summed E-state index contributed by atoms with van der Waals surface area (Å²) in [6.07, 6.45) is 2.53. The molecule has 84 valence electrons. The Kier molecular flexibility index (Phi) is 2.95. The number of para-hydroxylation sites is 1. The molecular formula is C13H15NO2. The second-order valence-corrected chi connectivity index (χ2v) is 4.04. The van der Waals surface area contributed by atoms with Gasteiger partial charge in [-0.25, -0.2) is 0 Å². The lowest BCUT2D eigenvalue weighted by Crippen LogP contribution is -2.09. The molecule has 0 aromatic heterocycles. The number of ether oxygens (including phenoxy) is 1. The molecule has 0 N–H and O–H groups in total. The van der Waals surface area contributed by atoms with E-state index in [-0.39, 0.29) is 5.78 Å². The van der Waals surface area contributed by atoms with Crippen LogP contribution in [0.25, 0.3) is 0 Å². The van der Waals surface area contributed by atoms with E-state index in [1.165, 1.54) is 0 Å². The monoisotopic (exact) mass is 217 g/mol. The zero-order valence-electron chi connectivity index (χ0n) is 9.56. The van der Waals surface area contributed by atoms with Gasteiger partial charge in [0.25, 0.3) is 0 Å². The smallest absolute Gasteiger partial charge is 0.194 e. The molecule has 0 spiro atoms. The molecule has 0 fully saturated rings. The zero-order valence-corrected chi connectivity index (χ0v) is 9.56. The average molecular weight is 217 g/mol. The van der Waals surface area contributed by atoms with Crippen molar-refractivity contribution in [3.63, 3.8) is 0 Å². The van der Waals surface area contributed by atoms with Gasteiger partial charge in [-0.3, -0.25) is 4.79 Å². The molecule has 16 heavy (non-hydrogen) atoms. The van der Waals surface area contributed by atoms with Gasteiger partial charge in [0, 0.05) is 32.3 Å². The molecule has 3 nitrogen and oxygen atoms in total. The van der Waals surface area contributed by atoms with E-state index in [0.717, 1.165) is 5.57 Å². The number of carbonyl (C=O) groups excluding carboxylic acids is 1. The Hall–Kier alpha value is -1.77. The fraction of sp³-hybridized carbons (Fsp3) is 0.308. The minimum absolute atomic E-state index is 0.0711. The highest BCUT2D eigenvalue weighted by Crippen LogP contribution is 2.26. The highest BCUT2D eigenvalue weighted by atomic mass is 16.5. The highest BCUT2D eigenvalue weighted by Gasteiger charge is 2.20. The lowest BCUT2D eigenvalue weighted by Gasteiger charge is -2.08. The van der Waals surface area contributed by atoms with Crippen molar-refractivity contribution in [3.8, 4) is 5.75 Å². The van der Waals surface area contributed by atoms with Crippen LogP contribution in [0.5, 0.6) is 5.75 Å².